The van der Waals surface area contributed by atoms with E-state index in [4.69, 9.17) is 4.98 Å². The average molecular weight is 292 g/mol. The van der Waals surface area contributed by atoms with Crippen LogP contribution in [0.3, 0.4) is 0 Å². The lowest BCUT2D eigenvalue weighted by molar-refractivity contribution is 0.401. The summed E-state index contributed by atoms with van der Waals surface area (Å²) < 4.78 is 0. The summed E-state index contributed by atoms with van der Waals surface area (Å²) in [7, 11) is 6.38. The zero-order valence-corrected chi connectivity index (χ0v) is 14.4. The van der Waals surface area contributed by atoms with Gasteiger partial charge < -0.3 is 15.1 Å². The summed E-state index contributed by atoms with van der Waals surface area (Å²) in [6.45, 7) is 8.43. The smallest absolute Gasteiger partial charge is 0.128 e. The minimum Gasteiger partial charge on any atom is -0.360 e. The fourth-order valence-corrected chi connectivity index (χ4v) is 2.32. The number of nitrogens with zero attached hydrogens (tertiary/aromatic N) is 3. The largest absolute Gasteiger partial charge is 0.360 e. The van der Waals surface area contributed by atoms with Gasteiger partial charge in [0.1, 0.15) is 5.82 Å². The van der Waals surface area contributed by atoms with Crippen molar-refractivity contribution in [1.29, 1.82) is 0 Å². The first-order valence-electron chi connectivity index (χ1n) is 8.13. The summed E-state index contributed by atoms with van der Waals surface area (Å²) >= 11 is 0. The summed E-state index contributed by atoms with van der Waals surface area (Å²) in [5.74, 6) is 1.10. The third-order valence-electron chi connectivity index (χ3n) is 3.50. The predicted octanol–water partition coefficient (Wildman–Crippen LogP) is 2.53. The molecule has 21 heavy (non-hydrogen) atoms. The second-order valence-electron chi connectivity index (χ2n) is 5.93. The van der Waals surface area contributed by atoms with Crippen molar-refractivity contribution in [3.05, 3.63) is 23.4 Å². The first-order valence-corrected chi connectivity index (χ1v) is 8.13. The van der Waals surface area contributed by atoms with E-state index in [1.54, 1.807) is 0 Å². The van der Waals surface area contributed by atoms with Crippen LogP contribution in [-0.2, 0) is 13.0 Å². The van der Waals surface area contributed by atoms with E-state index in [1.165, 1.54) is 11.3 Å². The SMILES string of the molecule is CCCc1cc(CNCC)cc(N(C)CCCN(C)C)n1. The third-order valence-corrected chi connectivity index (χ3v) is 3.50. The van der Waals surface area contributed by atoms with Gasteiger partial charge in [-0.25, -0.2) is 4.98 Å². The van der Waals surface area contributed by atoms with Crippen LogP contribution in [0, 0.1) is 0 Å². The van der Waals surface area contributed by atoms with Gasteiger partial charge in [-0.3, -0.25) is 0 Å². The van der Waals surface area contributed by atoms with Crippen molar-refractivity contribution in [2.75, 3.05) is 45.7 Å². The van der Waals surface area contributed by atoms with E-state index >= 15 is 0 Å². The van der Waals surface area contributed by atoms with Gasteiger partial charge in [-0.2, -0.15) is 0 Å². The van der Waals surface area contributed by atoms with Gasteiger partial charge in [0.25, 0.3) is 0 Å². The molecule has 0 atom stereocenters. The molecule has 1 rings (SSSR count). The molecule has 4 nitrogen and oxygen atoms in total. The van der Waals surface area contributed by atoms with Crippen LogP contribution in [0.15, 0.2) is 12.1 Å². The highest BCUT2D eigenvalue weighted by Gasteiger charge is 2.07. The molecular formula is C17H32N4. The molecule has 0 aliphatic heterocycles. The van der Waals surface area contributed by atoms with Crippen LogP contribution in [0.4, 0.5) is 5.82 Å². The van der Waals surface area contributed by atoms with E-state index in [0.29, 0.717) is 0 Å². The fraction of sp³-hybridized carbons (Fsp3) is 0.706. The maximum absolute atomic E-state index is 4.81. The Morgan fingerprint density at radius 1 is 1.10 bits per heavy atom. The highest BCUT2D eigenvalue weighted by atomic mass is 15.2. The molecule has 0 spiro atoms. The molecule has 0 saturated carbocycles. The quantitative estimate of drug-likeness (QED) is 0.718. The number of nitrogens with one attached hydrogen (secondary N) is 1. The van der Waals surface area contributed by atoms with Crippen LogP contribution < -0.4 is 10.2 Å². The van der Waals surface area contributed by atoms with E-state index < -0.39 is 0 Å². The molecule has 0 aliphatic carbocycles. The van der Waals surface area contributed by atoms with Crippen LogP contribution in [0.5, 0.6) is 0 Å². The summed E-state index contributed by atoms with van der Waals surface area (Å²) in [6, 6.07) is 4.46. The van der Waals surface area contributed by atoms with Gasteiger partial charge in [-0.15, -0.1) is 0 Å². The van der Waals surface area contributed by atoms with Crippen molar-refractivity contribution >= 4 is 5.82 Å². The fourth-order valence-electron chi connectivity index (χ4n) is 2.32. The number of aromatic nitrogens is 1. The molecule has 0 saturated heterocycles. The summed E-state index contributed by atoms with van der Waals surface area (Å²) in [5, 5.41) is 3.41. The molecule has 0 fully saturated rings. The first kappa shape index (κ1) is 17.9. The maximum Gasteiger partial charge on any atom is 0.128 e. The Labute approximate surface area is 130 Å². The van der Waals surface area contributed by atoms with Gasteiger partial charge in [-0.05, 0) is 57.7 Å². The van der Waals surface area contributed by atoms with Crippen LogP contribution in [0.2, 0.25) is 0 Å². The lowest BCUT2D eigenvalue weighted by Crippen LogP contribution is -2.24. The van der Waals surface area contributed by atoms with E-state index in [9.17, 15) is 0 Å². The lowest BCUT2D eigenvalue weighted by atomic mass is 10.1. The van der Waals surface area contributed by atoms with Gasteiger partial charge in [0.2, 0.25) is 0 Å². The average Bonchev–Trinajstić information content (AvgIpc) is 2.44. The third kappa shape index (κ3) is 6.91. The minimum atomic E-state index is 0.925. The molecule has 0 unspecified atom stereocenters. The topological polar surface area (TPSA) is 31.4 Å². The Bertz CT molecular complexity index is 404. The van der Waals surface area contributed by atoms with Crippen LogP contribution in [0.25, 0.3) is 0 Å². The summed E-state index contributed by atoms with van der Waals surface area (Å²) in [4.78, 5) is 9.32. The van der Waals surface area contributed by atoms with Crippen LogP contribution in [0.1, 0.15) is 37.9 Å². The minimum absolute atomic E-state index is 0.925. The van der Waals surface area contributed by atoms with Crippen molar-refractivity contribution in [2.24, 2.45) is 0 Å². The zero-order chi connectivity index (χ0) is 15.7. The Balaban J connectivity index is 2.75. The normalized spacial score (nSPS) is 11.1. The summed E-state index contributed by atoms with van der Waals surface area (Å²) in [6.07, 6.45) is 3.35. The maximum atomic E-state index is 4.81. The molecule has 1 aromatic rings. The van der Waals surface area contributed by atoms with Gasteiger partial charge in [0, 0.05) is 25.8 Å². The molecule has 0 aliphatic rings. The molecule has 0 radical (unpaired) electrons. The second kappa shape index (κ2) is 9.74. The van der Waals surface area contributed by atoms with Gasteiger partial charge in [0.15, 0.2) is 0 Å². The number of aryl methyl sites for hydroxylation is 1. The highest BCUT2D eigenvalue weighted by Crippen LogP contribution is 2.16. The number of hydrogen-bond donors (Lipinski definition) is 1. The van der Waals surface area contributed by atoms with Crippen LogP contribution >= 0.6 is 0 Å². The molecule has 0 amide bonds. The van der Waals surface area contributed by atoms with Crippen molar-refractivity contribution in [2.45, 2.75) is 39.7 Å². The Morgan fingerprint density at radius 2 is 1.86 bits per heavy atom. The molecular weight excluding hydrogens is 260 g/mol. The number of hydrogen-bond acceptors (Lipinski definition) is 4. The van der Waals surface area contributed by atoms with E-state index in [-0.39, 0.29) is 0 Å². The molecule has 1 N–H and O–H groups in total. The van der Waals surface area contributed by atoms with Crippen LogP contribution in [-0.4, -0.2) is 50.7 Å². The standard InChI is InChI=1S/C17H32N4/c1-6-9-16-12-15(14-18-7-2)13-17(19-16)21(5)11-8-10-20(3)4/h12-13,18H,6-11,14H2,1-5H3. The zero-order valence-electron chi connectivity index (χ0n) is 14.4. The summed E-state index contributed by atoms with van der Waals surface area (Å²) in [5.41, 5.74) is 2.55. The Hall–Kier alpha value is -1.13. The molecule has 1 aromatic heterocycles. The van der Waals surface area contributed by atoms with Crippen molar-refractivity contribution in [3.63, 3.8) is 0 Å². The molecule has 0 aromatic carbocycles. The van der Waals surface area contributed by atoms with Gasteiger partial charge in [-0.1, -0.05) is 20.3 Å². The van der Waals surface area contributed by atoms with E-state index in [0.717, 1.165) is 51.3 Å². The highest BCUT2D eigenvalue weighted by molar-refractivity contribution is 5.42. The van der Waals surface area contributed by atoms with Crippen molar-refractivity contribution < 1.29 is 0 Å². The van der Waals surface area contributed by atoms with Crippen molar-refractivity contribution in [3.8, 4) is 0 Å². The molecule has 4 heteroatoms. The van der Waals surface area contributed by atoms with E-state index in [1.807, 2.05) is 0 Å². The Morgan fingerprint density at radius 3 is 2.48 bits per heavy atom. The monoisotopic (exact) mass is 292 g/mol. The number of rotatable bonds is 10. The molecule has 1 heterocycles. The Kier molecular flexibility index (Phi) is 8.31. The number of pyridine rings is 1. The second-order valence-corrected chi connectivity index (χ2v) is 5.93. The molecule has 0 bridgehead atoms. The molecule has 120 valence electrons. The van der Waals surface area contributed by atoms with Gasteiger partial charge in [0.05, 0.1) is 0 Å². The van der Waals surface area contributed by atoms with E-state index in [2.05, 4.69) is 62.2 Å². The predicted molar refractivity (Wildman–Crippen MR) is 92.1 cm³/mol. The number of anilines is 1. The van der Waals surface area contributed by atoms with Gasteiger partial charge >= 0.3 is 0 Å². The first-order chi connectivity index (χ1) is 10.1. The lowest BCUT2D eigenvalue weighted by Gasteiger charge is -2.21. The van der Waals surface area contributed by atoms with Crippen molar-refractivity contribution in [1.82, 2.24) is 15.2 Å².